The van der Waals surface area contributed by atoms with Gasteiger partial charge in [0.05, 0.1) is 5.69 Å². The molecule has 43 heavy (non-hydrogen) atoms. The minimum absolute atomic E-state index is 0.237. The Balaban J connectivity index is 1.09. The quantitative estimate of drug-likeness (QED) is 0.188. The summed E-state index contributed by atoms with van der Waals surface area (Å²) in [5, 5.41) is 4.82. The number of ether oxygens (including phenoxy) is 2. The van der Waals surface area contributed by atoms with Crippen LogP contribution in [0.3, 0.4) is 0 Å². The van der Waals surface area contributed by atoms with E-state index in [-0.39, 0.29) is 11.8 Å². The fraction of sp³-hybridized carbons (Fsp3) is 0. The van der Waals surface area contributed by atoms with Gasteiger partial charge in [0.15, 0.2) is 4.80 Å². The number of amides is 2. The zero-order valence-electron chi connectivity index (χ0n) is 22.8. The van der Waals surface area contributed by atoms with Crippen LogP contribution in [-0.4, -0.2) is 16.8 Å². The number of para-hydroxylation sites is 2. The highest BCUT2D eigenvalue weighted by Crippen LogP contribution is 2.24. The van der Waals surface area contributed by atoms with Crippen LogP contribution in [0.1, 0.15) is 20.7 Å². The predicted octanol–water partition coefficient (Wildman–Crippen LogP) is 8.32. The lowest BCUT2D eigenvalue weighted by Crippen LogP contribution is -2.11. The second-order valence-electron chi connectivity index (χ2n) is 9.41. The molecule has 1 heterocycles. The van der Waals surface area contributed by atoms with Crippen molar-refractivity contribution in [3.8, 4) is 34.3 Å². The third-order valence-electron chi connectivity index (χ3n) is 6.34. The summed E-state index contributed by atoms with van der Waals surface area (Å²) in [5.41, 5.74) is 3.22. The van der Waals surface area contributed by atoms with E-state index in [0.29, 0.717) is 33.1 Å². The van der Waals surface area contributed by atoms with Crippen molar-refractivity contribution in [3.05, 3.63) is 155 Å². The van der Waals surface area contributed by atoms with Gasteiger partial charge in [0, 0.05) is 27.8 Å². The molecule has 0 bridgehead atoms. The number of hydrogen-bond donors (Lipinski definition) is 2. The lowest BCUT2D eigenvalue weighted by Gasteiger charge is -2.08. The Morgan fingerprint density at radius 1 is 0.628 bits per heavy atom. The highest BCUT2D eigenvalue weighted by atomic mass is 32.1. The van der Waals surface area contributed by atoms with Gasteiger partial charge in [-0.2, -0.15) is 4.99 Å². The van der Waals surface area contributed by atoms with Gasteiger partial charge in [0.2, 0.25) is 0 Å². The Morgan fingerprint density at radius 2 is 1.19 bits per heavy atom. The number of anilines is 1. The van der Waals surface area contributed by atoms with Crippen molar-refractivity contribution in [2.75, 3.05) is 5.32 Å². The Hall–Kier alpha value is -5.73. The molecule has 6 rings (SSSR count). The van der Waals surface area contributed by atoms with E-state index in [1.807, 2.05) is 90.3 Å². The van der Waals surface area contributed by atoms with Crippen LogP contribution in [0.5, 0.6) is 23.0 Å². The molecule has 5 aromatic carbocycles. The van der Waals surface area contributed by atoms with Gasteiger partial charge < -0.3 is 19.8 Å². The van der Waals surface area contributed by atoms with E-state index in [1.165, 1.54) is 11.3 Å². The maximum absolute atomic E-state index is 12.9. The number of hydrogen-bond acceptors (Lipinski definition) is 5. The summed E-state index contributed by atoms with van der Waals surface area (Å²) in [6, 6.07) is 40.2. The summed E-state index contributed by atoms with van der Waals surface area (Å²) in [6.45, 7) is 0. The lowest BCUT2D eigenvalue weighted by atomic mass is 10.1. The summed E-state index contributed by atoms with van der Waals surface area (Å²) in [7, 11) is 0. The molecule has 0 radical (unpaired) electrons. The highest BCUT2D eigenvalue weighted by Gasteiger charge is 2.10. The van der Waals surface area contributed by atoms with Crippen molar-refractivity contribution in [3.63, 3.8) is 0 Å². The third kappa shape index (κ3) is 7.13. The highest BCUT2D eigenvalue weighted by molar-refractivity contribution is 7.07. The molecule has 0 aliphatic carbocycles. The van der Waals surface area contributed by atoms with Gasteiger partial charge in [-0.1, -0.05) is 48.5 Å². The van der Waals surface area contributed by atoms with Crippen molar-refractivity contribution in [1.82, 2.24) is 4.98 Å². The number of nitrogens with zero attached hydrogens (tertiary/aromatic N) is 1. The number of carbonyl (C=O) groups excluding carboxylic acids is 2. The first-order valence-corrected chi connectivity index (χ1v) is 14.3. The number of rotatable bonds is 8. The molecule has 2 amide bonds. The summed E-state index contributed by atoms with van der Waals surface area (Å²) >= 11 is 1.32. The Kier molecular flexibility index (Phi) is 8.20. The van der Waals surface area contributed by atoms with Crippen LogP contribution in [0, 0.1) is 0 Å². The van der Waals surface area contributed by atoms with Crippen molar-refractivity contribution >= 4 is 28.8 Å². The average Bonchev–Trinajstić information content (AvgIpc) is 3.51. The van der Waals surface area contributed by atoms with Crippen molar-refractivity contribution in [2.45, 2.75) is 0 Å². The average molecular weight is 584 g/mol. The minimum Gasteiger partial charge on any atom is -0.457 e. The Labute approximate surface area is 251 Å². The first-order chi connectivity index (χ1) is 21.1. The molecular formula is C35H25N3O4S. The molecule has 1 aromatic heterocycles. The van der Waals surface area contributed by atoms with E-state index in [1.54, 1.807) is 48.5 Å². The number of nitrogens with one attached hydrogen (secondary N) is 2. The molecule has 8 heteroatoms. The minimum atomic E-state index is -0.364. The van der Waals surface area contributed by atoms with Gasteiger partial charge in [-0.3, -0.25) is 9.59 Å². The number of aromatic nitrogens is 1. The molecule has 2 N–H and O–H groups in total. The molecule has 0 spiro atoms. The SMILES string of the molecule is O=C(N=c1[nH]c(-c2cccc(NC(=O)c3ccc(Oc4ccccc4)cc3)c2)cs1)c1ccc(Oc2ccccc2)cc1. The molecule has 0 saturated heterocycles. The number of H-pyrrole nitrogens is 1. The number of thiazole rings is 1. The van der Waals surface area contributed by atoms with Gasteiger partial charge in [-0.05, 0) is 84.9 Å². The van der Waals surface area contributed by atoms with E-state index in [4.69, 9.17) is 9.47 Å². The van der Waals surface area contributed by atoms with Crippen molar-refractivity contribution in [2.24, 2.45) is 4.99 Å². The zero-order chi connectivity index (χ0) is 29.4. The largest absolute Gasteiger partial charge is 0.457 e. The normalized spacial score (nSPS) is 11.1. The van der Waals surface area contributed by atoms with Crippen LogP contribution in [0.2, 0.25) is 0 Å². The van der Waals surface area contributed by atoms with Gasteiger partial charge in [-0.25, -0.2) is 0 Å². The monoisotopic (exact) mass is 583 g/mol. The van der Waals surface area contributed by atoms with E-state index < -0.39 is 0 Å². The molecule has 6 aromatic rings. The van der Waals surface area contributed by atoms with Crippen LogP contribution in [-0.2, 0) is 0 Å². The number of carbonyl (C=O) groups is 2. The van der Waals surface area contributed by atoms with Crippen molar-refractivity contribution in [1.29, 1.82) is 0 Å². The molecule has 0 fully saturated rings. The zero-order valence-corrected chi connectivity index (χ0v) is 23.6. The lowest BCUT2D eigenvalue weighted by molar-refractivity contribution is 0.0996. The molecule has 0 saturated carbocycles. The van der Waals surface area contributed by atoms with E-state index >= 15 is 0 Å². The molecule has 7 nitrogen and oxygen atoms in total. The van der Waals surface area contributed by atoms with E-state index in [0.717, 1.165) is 22.8 Å². The maximum atomic E-state index is 12.9. The molecule has 0 aliphatic heterocycles. The first-order valence-electron chi connectivity index (χ1n) is 13.4. The van der Waals surface area contributed by atoms with Gasteiger partial charge in [-0.15, -0.1) is 11.3 Å². The van der Waals surface area contributed by atoms with Gasteiger partial charge in [0.1, 0.15) is 23.0 Å². The first kappa shape index (κ1) is 27.4. The fourth-order valence-electron chi connectivity index (χ4n) is 4.20. The summed E-state index contributed by atoms with van der Waals surface area (Å²) in [6.07, 6.45) is 0. The summed E-state index contributed by atoms with van der Waals surface area (Å²) < 4.78 is 11.6. The van der Waals surface area contributed by atoms with Crippen LogP contribution >= 0.6 is 11.3 Å². The maximum Gasteiger partial charge on any atom is 0.279 e. The second-order valence-corrected chi connectivity index (χ2v) is 10.3. The molecule has 210 valence electrons. The fourth-order valence-corrected chi connectivity index (χ4v) is 4.93. The molecule has 0 unspecified atom stereocenters. The van der Waals surface area contributed by atoms with Gasteiger partial charge in [0.25, 0.3) is 11.8 Å². The Morgan fingerprint density at radius 3 is 1.79 bits per heavy atom. The van der Waals surface area contributed by atoms with Crippen LogP contribution in [0.4, 0.5) is 5.69 Å². The van der Waals surface area contributed by atoms with Crippen molar-refractivity contribution < 1.29 is 19.1 Å². The van der Waals surface area contributed by atoms with Crippen LogP contribution in [0.15, 0.2) is 144 Å². The molecular weight excluding hydrogens is 558 g/mol. The summed E-state index contributed by atoms with van der Waals surface area (Å²) in [4.78, 5) is 33.6. The number of benzene rings is 5. The Bertz CT molecular complexity index is 1910. The molecule has 0 atom stereocenters. The van der Waals surface area contributed by atoms with Crippen LogP contribution < -0.4 is 19.6 Å². The van der Waals surface area contributed by atoms with E-state index in [2.05, 4.69) is 15.3 Å². The third-order valence-corrected chi connectivity index (χ3v) is 7.11. The predicted molar refractivity (Wildman–Crippen MR) is 168 cm³/mol. The topological polar surface area (TPSA) is 92.8 Å². The smallest absolute Gasteiger partial charge is 0.279 e. The standard InChI is InChI=1S/C35H25N3O4S/c39-33(24-14-18-30(19-15-24)41-28-10-3-1-4-11-28)36-27-9-7-8-26(22-27)32-23-43-35(37-32)38-34(40)25-16-20-31(21-17-25)42-29-12-5-2-6-13-29/h1-23H,(H,36,39)(H,37,38,40). The van der Waals surface area contributed by atoms with E-state index in [9.17, 15) is 9.59 Å². The molecule has 0 aliphatic rings. The number of aromatic amines is 1. The van der Waals surface area contributed by atoms with Crippen LogP contribution in [0.25, 0.3) is 11.3 Å². The van der Waals surface area contributed by atoms with Gasteiger partial charge >= 0.3 is 0 Å². The second kappa shape index (κ2) is 12.8. The summed E-state index contributed by atoms with van der Waals surface area (Å²) in [5.74, 6) is 2.13.